The number of H-pyrrole nitrogens is 1. The minimum absolute atomic E-state index is 0.0707. The van der Waals surface area contributed by atoms with Crippen molar-refractivity contribution in [3.05, 3.63) is 97.0 Å². The van der Waals surface area contributed by atoms with Crippen molar-refractivity contribution in [3.8, 4) is 0 Å². The van der Waals surface area contributed by atoms with Gasteiger partial charge < -0.3 is 25.5 Å². The van der Waals surface area contributed by atoms with Crippen LogP contribution < -0.4 is 10.6 Å². The molecule has 0 radical (unpaired) electrons. The number of aliphatic hydroxyl groups excluding tert-OH is 1. The predicted molar refractivity (Wildman–Crippen MR) is 161 cm³/mol. The molecule has 0 aliphatic rings. The third-order valence-electron chi connectivity index (χ3n) is 7.05. The zero-order valence-corrected chi connectivity index (χ0v) is 23.8. The second-order valence-electron chi connectivity index (χ2n) is 10.3. The standard InChI is InChI=1S/C33H40FN3O5/c1-3-5-9-25(18-23-12-14-27(34)15-13-23)33(41)42-22-28(19-26-21-36-30-11-7-6-10-29(26)30)37-32(40)24(8-4-2)20-31(39)35-16-17-38/h3-4,6-7,10-15,21,24-25,28,36,38H,1-2,5,8-9,16-20,22H2,(H,35,39)(H,37,40)/t24-,25-,28-/m1/s1. The van der Waals surface area contributed by atoms with Crippen LogP contribution >= 0.6 is 0 Å². The lowest BCUT2D eigenvalue weighted by molar-refractivity contribution is -0.150. The Bertz CT molecular complexity index is 1340. The summed E-state index contributed by atoms with van der Waals surface area (Å²) < 4.78 is 19.2. The summed E-state index contributed by atoms with van der Waals surface area (Å²) in [7, 11) is 0. The van der Waals surface area contributed by atoms with Gasteiger partial charge in [0.05, 0.1) is 24.5 Å². The summed E-state index contributed by atoms with van der Waals surface area (Å²) in [5.74, 6) is -2.62. The summed E-state index contributed by atoms with van der Waals surface area (Å²) in [5.41, 5.74) is 2.71. The van der Waals surface area contributed by atoms with Crippen LogP contribution in [-0.4, -0.2) is 53.7 Å². The maximum Gasteiger partial charge on any atom is 0.309 e. The van der Waals surface area contributed by atoms with Crippen LogP contribution in [0.1, 0.15) is 36.8 Å². The van der Waals surface area contributed by atoms with E-state index in [2.05, 4.69) is 28.8 Å². The van der Waals surface area contributed by atoms with E-state index in [9.17, 15) is 18.8 Å². The predicted octanol–water partition coefficient (Wildman–Crippen LogP) is 4.39. The van der Waals surface area contributed by atoms with E-state index in [4.69, 9.17) is 9.84 Å². The second kappa shape index (κ2) is 16.9. The average molecular weight is 578 g/mol. The van der Waals surface area contributed by atoms with Gasteiger partial charge in [-0.15, -0.1) is 13.2 Å². The third kappa shape index (κ3) is 9.99. The number of para-hydroxylation sites is 1. The lowest BCUT2D eigenvalue weighted by atomic mass is 9.94. The van der Waals surface area contributed by atoms with Gasteiger partial charge in [-0.3, -0.25) is 14.4 Å². The van der Waals surface area contributed by atoms with Gasteiger partial charge in [0.2, 0.25) is 11.8 Å². The molecule has 224 valence electrons. The highest BCUT2D eigenvalue weighted by Crippen LogP contribution is 2.21. The molecule has 0 saturated heterocycles. The first-order valence-electron chi connectivity index (χ1n) is 14.2. The molecular formula is C33H40FN3O5. The van der Waals surface area contributed by atoms with Crippen LogP contribution in [0.15, 0.2) is 80.0 Å². The first-order valence-corrected chi connectivity index (χ1v) is 14.2. The van der Waals surface area contributed by atoms with Crippen molar-refractivity contribution in [3.63, 3.8) is 0 Å². The normalized spacial score (nSPS) is 13.1. The van der Waals surface area contributed by atoms with Crippen LogP contribution in [0.25, 0.3) is 10.9 Å². The molecule has 0 aliphatic carbocycles. The lowest BCUT2D eigenvalue weighted by Gasteiger charge is -2.23. The number of benzene rings is 2. The van der Waals surface area contributed by atoms with E-state index in [-0.39, 0.29) is 50.2 Å². The number of hydrogen-bond donors (Lipinski definition) is 4. The maximum atomic E-state index is 13.4. The number of aliphatic hydroxyl groups is 1. The number of aromatic amines is 1. The Balaban J connectivity index is 1.76. The van der Waals surface area contributed by atoms with Crippen LogP contribution in [-0.2, 0) is 32.0 Å². The second-order valence-corrected chi connectivity index (χ2v) is 10.3. The Morgan fingerprint density at radius 2 is 1.79 bits per heavy atom. The van der Waals surface area contributed by atoms with Crippen molar-refractivity contribution in [1.82, 2.24) is 15.6 Å². The number of amides is 2. The summed E-state index contributed by atoms with van der Waals surface area (Å²) in [4.78, 5) is 42.1. The number of esters is 1. The molecule has 0 spiro atoms. The topological polar surface area (TPSA) is 121 Å². The van der Waals surface area contributed by atoms with Crippen LogP contribution in [0, 0.1) is 17.7 Å². The number of allylic oxidation sites excluding steroid dienone is 2. The Morgan fingerprint density at radius 3 is 2.50 bits per heavy atom. The third-order valence-corrected chi connectivity index (χ3v) is 7.05. The largest absolute Gasteiger partial charge is 0.463 e. The molecule has 3 aromatic rings. The molecule has 1 aromatic heterocycles. The van der Waals surface area contributed by atoms with Crippen molar-refractivity contribution in [2.75, 3.05) is 19.8 Å². The molecule has 4 N–H and O–H groups in total. The Morgan fingerprint density at radius 1 is 1.02 bits per heavy atom. The van der Waals surface area contributed by atoms with E-state index in [1.54, 1.807) is 24.3 Å². The number of fused-ring (bicyclic) bond motifs is 1. The number of nitrogens with one attached hydrogen (secondary N) is 3. The Labute approximate surface area is 246 Å². The molecule has 0 saturated carbocycles. The zero-order valence-electron chi connectivity index (χ0n) is 23.8. The highest BCUT2D eigenvalue weighted by atomic mass is 19.1. The minimum Gasteiger partial charge on any atom is -0.463 e. The Hall–Kier alpha value is -4.24. The first kappa shape index (κ1) is 32.3. The molecule has 42 heavy (non-hydrogen) atoms. The van der Waals surface area contributed by atoms with Crippen LogP contribution in [0.5, 0.6) is 0 Å². The number of carbonyl (C=O) groups excluding carboxylic acids is 3. The molecule has 1 heterocycles. The summed E-state index contributed by atoms with van der Waals surface area (Å²) in [6, 6.07) is 13.3. The van der Waals surface area contributed by atoms with E-state index in [0.717, 1.165) is 22.0 Å². The van der Waals surface area contributed by atoms with Gasteiger partial charge >= 0.3 is 5.97 Å². The maximum absolute atomic E-state index is 13.4. The molecular weight excluding hydrogens is 537 g/mol. The summed E-state index contributed by atoms with van der Waals surface area (Å²) in [5, 5.41) is 15.6. The van der Waals surface area contributed by atoms with Gasteiger partial charge in [-0.25, -0.2) is 4.39 Å². The zero-order chi connectivity index (χ0) is 30.3. The van der Waals surface area contributed by atoms with Gasteiger partial charge in [-0.2, -0.15) is 0 Å². The smallest absolute Gasteiger partial charge is 0.309 e. The van der Waals surface area contributed by atoms with E-state index >= 15 is 0 Å². The van der Waals surface area contributed by atoms with Gasteiger partial charge in [-0.1, -0.05) is 42.5 Å². The molecule has 3 atom stereocenters. The van der Waals surface area contributed by atoms with Gasteiger partial charge in [0.25, 0.3) is 0 Å². The number of rotatable bonds is 18. The molecule has 2 amide bonds. The summed E-state index contributed by atoms with van der Waals surface area (Å²) >= 11 is 0. The average Bonchev–Trinajstić information content (AvgIpc) is 3.40. The molecule has 9 heteroatoms. The highest BCUT2D eigenvalue weighted by molar-refractivity contribution is 5.86. The van der Waals surface area contributed by atoms with Crippen LogP contribution in [0.3, 0.4) is 0 Å². The van der Waals surface area contributed by atoms with Crippen molar-refractivity contribution >= 4 is 28.7 Å². The van der Waals surface area contributed by atoms with E-state index in [1.807, 2.05) is 30.5 Å². The van der Waals surface area contributed by atoms with Gasteiger partial charge in [0.15, 0.2) is 0 Å². The minimum atomic E-state index is -0.679. The number of halogens is 1. The van der Waals surface area contributed by atoms with E-state index in [1.165, 1.54) is 12.1 Å². The molecule has 2 aromatic carbocycles. The fourth-order valence-electron chi connectivity index (χ4n) is 4.84. The monoisotopic (exact) mass is 577 g/mol. The molecule has 0 bridgehead atoms. The molecule has 0 unspecified atom stereocenters. The SMILES string of the molecule is C=CCC[C@H](Cc1ccc(F)cc1)C(=O)OC[C@@H](Cc1c[nH]c2ccccc12)NC(=O)[C@H](CC=C)CC(=O)NCCO. The van der Waals surface area contributed by atoms with E-state index < -0.39 is 23.8 Å². The quantitative estimate of drug-likeness (QED) is 0.132. The molecule has 0 aliphatic heterocycles. The number of carbonyl (C=O) groups is 3. The molecule has 8 nitrogen and oxygen atoms in total. The fraction of sp³-hybridized carbons (Fsp3) is 0.364. The fourth-order valence-corrected chi connectivity index (χ4v) is 4.84. The van der Waals surface area contributed by atoms with E-state index in [0.29, 0.717) is 25.7 Å². The molecule has 0 fully saturated rings. The number of hydrogen-bond acceptors (Lipinski definition) is 5. The number of ether oxygens (including phenoxy) is 1. The number of aromatic nitrogens is 1. The van der Waals surface area contributed by atoms with Gasteiger partial charge in [0.1, 0.15) is 12.4 Å². The van der Waals surface area contributed by atoms with Crippen molar-refractivity contribution in [1.29, 1.82) is 0 Å². The highest BCUT2D eigenvalue weighted by Gasteiger charge is 2.26. The summed E-state index contributed by atoms with van der Waals surface area (Å²) in [6.07, 6.45) is 7.29. The molecule has 3 rings (SSSR count). The first-order chi connectivity index (χ1) is 20.3. The lowest BCUT2D eigenvalue weighted by Crippen LogP contribution is -2.44. The van der Waals surface area contributed by atoms with Crippen LogP contribution in [0.4, 0.5) is 4.39 Å². The van der Waals surface area contributed by atoms with Crippen molar-refractivity contribution < 1.29 is 28.6 Å². The van der Waals surface area contributed by atoms with Crippen molar-refractivity contribution in [2.24, 2.45) is 11.8 Å². The van der Waals surface area contributed by atoms with Gasteiger partial charge in [-0.05, 0) is 61.4 Å². The Kier molecular flexibility index (Phi) is 13.0. The van der Waals surface area contributed by atoms with Crippen LogP contribution in [0.2, 0.25) is 0 Å². The van der Waals surface area contributed by atoms with Crippen molar-refractivity contribution in [2.45, 2.75) is 44.6 Å². The van der Waals surface area contributed by atoms with Gasteiger partial charge in [0, 0.05) is 30.1 Å². The summed E-state index contributed by atoms with van der Waals surface area (Å²) in [6.45, 7) is 7.30.